The molecular formula is C30H36FN7O3. The minimum Gasteiger partial charge on any atom is -0.366 e. The molecule has 1 aromatic carbocycles. The van der Waals surface area contributed by atoms with Crippen LogP contribution in [0.15, 0.2) is 47.3 Å². The molecule has 1 saturated carbocycles. The second-order valence-electron chi connectivity index (χ2n) is 11.3. The molecule has 0 spiro atoms. The molecule has 1 aliphatic heterocycles. The third-order valence-electron chi connectivity index (χ3n) is 7.76. The quantitative estimate of drug-likeness (QED) is 0.397. The van der Waals surface area contributed by atoms with Gasteiger partial charge in [0.15, 0.2) is 5.82 Å². The average Bonchev–Trinajstić information content (AvgIpc) is 3.49. The smallest absolute Gasteiger partial charge is 0.292 e. The zero-order chi connectivity index (χ0) is 29.1. The fraction of sp³-hybridized carbons (Fsp3) is 0.433. The number of anilines is 1. The van der Waals surface area contributed by atoms with Gasteiger partial charge in [0.1, 0.15) is 0 Å². The lowest BCUT2D eigenvalue weighted by Gasteiger charge is -2.36. The number of carbonyl (C=O) groups excluding carboxylic acids is 2. The number of halogens is 1. The van der Waals surface area contributed by atoms with Crippen LogP contribution in [0.3, 0.4) is 0 Å². The molecule has 216 valence electrons. The minimum absolute atomic E-state index is 0.0145. The van der Waals surface area contributed by atoms with Crippen LogP contribution in [0, 0.1) is 12.7 Å². The normalized spacial score (nSPS) is 16.4. The van der Waals surface area contributed by atoms with Crippen LogP contribution in [-0.4, -0.2) is 83.6 Å². The maximum Gasteiger partial charge on any atom is 0.292 e. The fourth-order valence-corrected chi connectivity index (χ4v) is 4.85. The summed E-state index contributed by atoms with van der Waals surface area (Å²) in [5.74, 6) is -0.300. The van der Waals surface area contributed by atoms with Gasteiger partial charge in [0.05, 0.1) is 18.1 Å². The standard InChI is InChI=1S/C30H36FN7O3/c1-20-16-21(7-8-22(20)17-33-28(40)27-34-29(41-35-27)30(2)9-10-30)26-23(31)18-32-19-24(26)37-12-14-38(15-13-37)25(39)6-5-11-36(3)4/h5-8,16,18-19H,9-15,17H2,1-4H3,(H,33,40). The molecule has 10 nitrogen and oxygen atoms in total. The first-order valence-corrected chi connectivity index (χ1v) is 13.9. The molecule has 41 heavy (non-hydrogen) atoms. The summed E-state index contributed by atoms with van der Waals surface area (Å²) in [4.78, 5) is 39.4. The van der Waals surface area contributed by atoms with Gasteiger partial charge in [0, 0.05) is 56.3 Å². The number of pyridine rings is 1. The number of hydrogen-bond donors (Lipinski definition) is 1. The van der Waals surface area contributed by atoms with Crippen molar-refractivity contribution in [2.24, 2.45) is 0 Å². The van der Waals surface area contributed by atoms with Crippen molar-refractivity contribution in [2.75, 3.05) is 51.7 Å². The monoisotopic (exact) mass is 561 g/mol. The van der Waals surface area contributed by atoms with Crippen LogP contribution in [-0.2, 0) is 16.8 Å². The molecule has 3 heterocycles. The van der Waals surface area contributed by atoms with Gasteiger partial charge in [-0.2, -0.15) is 4.98 Å². The van der Waals surface area contributed by atoms with E-state index in [2.05, 4.69) is 25.3 Å². The zero-order valence-electron chi connectivity index (χ0n) is 24.0. The molecule has 11 heteroatoms. The number of benzene rings is 1. The molecule has 1 saturated heterocycles. The van der Waals surface area contributed by atoms with Crippen LogP contribution in [0.5, 0.6) is 0 Å². The summed E-state index contributed by atoms with van der Waals surface area (Å²) < 4.78 is 20.5. The summed E-state index contributed by atoms with van der Waals surface area (Å²) in [6.45, 7) is 7.18. The summed E-state index contributed by atoms with van der Waals surface area (Å²) in [6, 6.07) is 5.66. The topological polar surface area (TPSA) is 108 Å². The number of amides is 2. The van der Waals surface area contributed by atoms with Crippen LogP contribution < -0.4 is 10.2 Å². The number of nitrogens with one attached hydrogen (secondary N) is 1. The highest BCUT2D eigenvalue weighted by Gasteiger charge is 2.45. The largest absolute Gasteiger partial charge is 0.366 e. The van der Waals surface area contributed by atoms with Gasteiger partial charge in [-0.05, 0) is 50.6 Å². The summed E-state index contributed by atoms with van der Waals surface area (Å²) in [7, 11) is 3.90. The van der Waals surface area contributed by atoms with Crippen molar-refractivity contribution < 1.29 is 18.5 Å². The van der Waals surface area contributed by atoms with E-state index in [-0.39, 0.29) is 23.7 Å². The maximum absolute atomic E-state index is 15.2. The molecule has 0 bridgehead atoms. The number of carbonyl (C=O) groups is 2. The molecule has 1 N–H and O–H groups in total. The highest BCUT2D eigenvalue weighted by molar-refractivity contribution is 5.90. The highest BCUT2D eigenvalue weighted by Crippen LogP contribution is 2.46. The molecular weight excluding hydrogens is 525 g/mol. The van der Waals surface area contributed by atoms with Crippen molar-refractivity contribution in [3.8, 4) is 11.1 Å². The molecule has 0 radical (unpaired) electrons. The van der Waals surface area contributed by atoms with Gasteiger partial charge < -0.3 is 24.5 Å². The Morgan fingerprint density at radius 1 is 1.17 bits per heavy atom. The second kappa shape index (κ2) is 11.8. The Kier molecular flexibility index (Phi) is 8.16. The van der Waals surface area contributed by atoms with Crippen LogP contribution in [0.25, 0.3) is 11.1 Å². The van der Waals surface area contributed by atoms with E-state index in [4.69, 9.17) is 4.52 Å². The van der Waals surface area contributed by atoms with Crippen molar-refractivity contribution in [1.29, 1.82) is 0 Å². The van der Waals surface area contributed by atoms with Crippen LogP contribution in [0.2, 0.25) is 0 Å². The van der Waals surface area contributed by atoms with E-state index in [1.54, 1.807) is 12.3 Å². The van der Waals surface area contributed by atoms with Crippen LogP contribution in [0.4, 0.5) is 10.1 Å². The van der Waals surface area contributed by atoms with Gasteiger partial charge in [0.2, 0.25) is 11.8 Å². The van der Waals surface area contributed by atoms with Gasteiger partial charge in [0.25, 0.3) is 11.7 Å². The summed E-state index contributed by atoms with van der Waals surface area (Å²) in [5, 5.41) is 6.68. The van der Waals surface area contributed by atoms with Gasteiger partial charge in [-0.1, -0.05) is 36.4 Å². The van der Waals surface area contributed by atoms with Gasteiger partial charge in [-0.3, -0.25) is 14.6 Å². The average molecular weight is 562 g/mol. The molecule has 2 aromatic heterocycles. The fourth-order valence-electron chi connectivity index (χ4n) is 4.85. The predicted molar refractivity (Wildman–Crippen MR) is 153 cm³/mol. The Morgan fingerprint density at radius 3 is 2.61 bits per heavy atom. The van der Waals surface area contributed by atoms with Crippen LogP contribution >= 0.6 is 0 Å². The Balaban J connectivity index is 1.25. The Labute approximate surface area is 239 Å². The summed E-state index contributed by atoms with van der Waals surface area (Å²) >= 11 is 0. The third-order valence-corrected chi connectivity index (χ3v) is 7.76. The lowest BCUT2D eigenvalue weighted by atomic mass is 9.98. The molecule has 2 aliphatic rings. The number of hydrogen-bond acceptors (Lipinski definition) is 8. The van der Waals surface area contributed by atoms with E-state index in [9.17, 15) is 9.59 Å². The molecule has 2 amide bonds. The Morgan fingerprint density at radius 2 is 1.93 bits per heavy atom. The first-order valence-electron chi connectivity index (χ1n) is 13.9. The number of aryl methyl sites for hydroxylation is 1. The first-order chi connectivity index (χ1) is 19.6. The number of piperazine rings is 1. The van der Waals surface area contributed by atoms with Crippen LogP contribution in [0.1, 0.15) is 47.4 Å². The summed E-state index contributed by atoms with van der Waals surface area (Å²) in [6.07, 6.45) is 8.33. The lowest BCUT2D eigenvalue weighted by molar-refractivity contribution is -0.126. The van der Waals surface area contributed by atoms with Gasteiger partial charge >= 0.3 is 0 Å². The van der Waals surface area contributed by atoms with E-state index in [0.29, 0.717) is 49.9 Å². The number of rotatable bonds is 9. The SMILES string of the molecule is Cc1cc(-c2c(F)cncc2N2CCN(C(=O)C=CCN(C)C)CC2)ccc1CNC(=O)c1noc(C2(C)CC2)n1. The number of likely N-dealkylation sites (N-methyl/N-ethyl adjacent to an activating group) is 1. The van der Waals surface area contributed by atoms with Crippen molar-refractivity contribution in [2.45, 2.75) is 38.6 Å². The highest BCUT2D eigenvalue weighted by atomic mass is 19.1. The summed E-state index contributed by atoms with van der Waals surface area (Å²) in [5.41, 5.74) is 3.58. The van der Waals surface area contributed by atoms with E-state index in [1.807, 2.05) is 62.0 Å². The second-order valence-corrected chi connectivity index (χ2v) is 11.3. The van der Waals surface area contributed by atoms with Gasteiger partial charge in [-0.25, -0.2) is 4.39 Å². The van der Waals surface area contributed by atoms with E-state index >= 15 is 4.39 Å². The lowest BCUT2D eigenvalue weighted by Crippen LogP contribution is -2.48. The Bertz CT molecular complexity index is 1460. The van der Waals surface area contributed by atoms with E-state index in [0.717, 1.165) is 29.5 Å². The predicted octanol–water partition coefficient (Wildman–Crippen LogP) is 3.33. The minimum atomic E-state index is -0.412. The number of nitrogens with zero attached hydrogens (tertiary/aromatic N) is 6. The third kappa shape index (κ3) is 6.45. The van der Waals surface area contributed by atoms with E-state index in [1.165, 1.54) is 6.20 Å². The molecule has 0 atom stereocenters. The Hall–Kier alpha value is -4.12. The molecule has 2 fully saturated rings. The van der Waals surface area contributed by atoms with Crippen molar-refractivity contribution in [1.82, 2.24) is 30.2 Å². The van der Waals surface area contributed by atoms with Gasteiger partial charge in [-0.15, -0.1) is 0 Å². The molecule has 1 aliphatic carbocycles. The first kappa shape index (κ1) is 28.4. The maximum atomic E-state index is 15.2. The molecule has 3 aromatic rings. The van der Waals surface area contributed by atoms with E-state index < -0.39 is 11.7 Å². The van der Waals surface area contributed by atoms with Crippen molar-refractivity contribution in [3.63, 3.8) is 0 Å². The molecule has 5 rings (SSSR count). The molecule has 0 unspecified atom stereocenters. The zero-order valence-corrected chi connectivity index (χ0v) is 24.0. The van der Waals surface area contributed by atoms with Crippen molar-refractivity contribution in [3.05, 3.63) is 71.4 Å². The number of aromatic nitrogens is 3. The van der Waals surface area contributed by atoms with Crippen molar-refractivity contribution >= 4 is 17.5 Å².